The molecule has 0 saturated carbocycles. The van der Waals surface area contributed by atoms with Crippen LogP contribution >= 0.6 is 0 Å². The van der Waals surface area contributed by atoms with Gasteiger partial charge in [-0.2, -0.15) is 0 Å². The van der Waals surface area contributed by atoms with Crippen molar-refractivity contribution in [1.29, 1.82) is 0 Å². The predicted molar refractivity (Wildman–Crippen MR) is 66.2 cm³/mol. The van der Waals surface area contributed by atoms with Gasteiger partial charge in [0.25, 0.3) is 5.91 Å². The van der Waals surface area contributed by atoms with Crippen molar-refractivity contribution in [3.05, 3.63) is 0 Å². The van der Waals surface area contributed by atoms with Crippen molar-refractivity contribution in [2.24, 2.45) is 0 Å². The first-order valence-corrected chi connectivity index (χ1v) is 6.76. The molecule has 0 aromatic rings. The van der Waals surface area contributed by atoms with Crippen LogP contribution in [0.2, 0.25) is 0 Å². The van der Waals surface area contributed by atoms with Gasteiger partial charge in [-0.05, 0) is 25.8 Å². The number of amides is 4. The Morgan fingerprint density at radius 2 is 2.16 bits per heavy atom. The zero-order valence-electron chi connectivity index (χ0n) is 10.7. The Morgan fingerprint density at radius 1 is 1.32 bits per heavy atom. The maximum atomic E-state index is 12.3. The van der Waals surface area contributed by atoms with Crippen molar-refractivity contribution < 1.29 is 14.4 Å². The fourth-order valence-electron chi connectivity index (χ4n) is 3.10. The minimum absolute atomic E-state index is 0.0468. The Balaban J connectivity index is 1.67. The Labute approximate surface area is 111 Å². The molecule has 0 aliphatic carbocycles. The van der Waals surface area contributed by atoms with E-state index in [0.717, 1.165) is 25.8 Å². The smallest absolute Gasteiger partial charge is 0.322 e. The van der Waals surface area contributed by atoms with Gasteiger partial charge in [0.05, 0.1) is 12.6 Å². The molecule has 1 unspecified atom stereocenters. The van der Waals surface area contributed by atoms with Crippen LogP contribution in [0.3, 0.4) is 0 Å². The molecule has 3 fully saturated rings. The Hall–Kier alpha value is -1.63. The number of carbonyl (C=O) groups excluding carboxylic acids is 3. The molecule has 3 rings (SSSR count). The lowest BCUT2D eigenvalue weighted by molar-refractivity contribution is -0.133. The third kappa shape index (κ3) is 2.07. The second-order valence-electron chi connectivity index (χ2n) is 5.50. The molecule has 0 aromatic carbocycles. The molecule has 3 N–H and O–H groups in total. The summed E-state index contributed by atoms with van der Waals surface area (Å²) in [7, 11) is 0. The molecule has 0 aromatic heterocycles. The van der Waals surface area contributed by atoms with Gasteiger partial charge in [0.1, 0.15) is 5.54 Å². The van der Waals surface area contributed by atoms with Crippen molar-refractivity contribution in [1.82, 2.24) is 20.9 Å². The fraction of sp³-hybridized carbons (Fsp3) is 0.750. The molecular formula is C12H18N4O3. The summed E-state index contributed by atoms with van der Waals surface area (Å²) in [5.41, 5.74) is -0.901. The average molecular weight is 266 g/mol. The summed E-state index contributed by atoms with van der Waals surface area (Å²) < 4.78 is 0. The maximum absolute atomic E-state index is 12.3. The highest BCUT2D eigenvalue weighted by atomic mass is 16.2. The van der Waals surface area contributed by atoms with Gasteiger partial charge >= 0.3 is 6.03 Å². The molecule has 104 valence electrons. The predicted octanol–water partition coefficient (Wildman–Crippen LogP) is -1.06. The molecule has 7 nitrogen and oxygen atoms in total. The summed E-state index contributed by atoms with van der Waals surface area (Å²) in [6.07, 6.45) is 3.50. The highest BCUT2D eigenvalue weighted by Gasteiger charge is 2.52. The monoisotopic (exact) mass is 266 g/mol. The van der Waals surface area contributed by atoms with Crippen LogP contribution in [0.25, 0.3) is 0 Å². The van der Waals surface area contributed by atoms with Crippen LogP contribution in [-0.2, 0) is 9.59 Å². The molecule has 3 aliphatic rings. The summed E-state index contributed by atoms with van der Waals surface area (Å²) in [5, 5.41) is 8.11. The van der Waals surface area contributed by atoms with Gasteiger partial charge in [0.2, 0.25) is 5.91 Å². The fourth-order valence-corrected chi connectivity index (χ4v) is 3.10. The van der Waals surface area contributed by atoms with Crippen LogP contribution in [0, 0.1) is 0 Å². The number of rotatable bonds is 1. The second-order valence-corrected chi connectivity index (χ2v) is 5.50. The van der Waals surface area contributed by atoms with Crippen molar-refractivity contribution in [3.8, 4) is 0 Å². The van der Waals surface area contributed by atoms with Gasteiger partial charge in [-0.1, -0.05) is 6.42 Å². The Morgan fingerprint density at radius 3 is 2.79 bits per heavy atom. The van der Waals surface area contributed by atoms with Crippen LogP contribution in [0.1, 0.15) is 25.7 Å². The lowest BCUT2D eigenvalue weighted by Crippen LogP contribution is -2.52. The molecule has 0 radical (unpaired) electrons. The number of hydrogen-bond donors (Lipinski definition) is 3. The van der Waals surface area contributed by atoms with Gasteiger partial charge in [-0.15, -0.1) is 0 Å². The van der Waals surface area contributed by atoms with Gasteiger partial charge < -0.3 is 15.5 Å². The van der Waals surface area contributed by atoms with Crippen molar-refractivity contribution in [3.63, 3.8) is 0 Å². The number of nitrogens with zero attached hydrogens (tertiary/aromatic N) is 1. The number of nitrogens with one attached hydrogen (secondary N) is 3. The molecular weight excluding hydrogens is 248 g/mol. The quantitative estimate of drug-likeness (QED) is 0.528. The molecule has 19 heavy (non-hydrogen) atoms. The highest BCUT2D eigenvalue weighted by Crippen LogP contribution is 2.25. The minimum Gasteiger partial charge on any atom is -0.338 e. The van der Waals surface area contributed by atoms with Crippen molar-refractivity contribution in [2.75, 3.05) is 19.6 Å². The second kappa shape index (κ2) is 4.48. The minimum atomic E-state index is -0.901. The van der Waals surface area contributed by atoms with E-state index in [0.29, 0.717) is 13.0 Å². The van der Waals surface area contributed by atoms with E-state index >= 15 is 0 Å². The van der Waals surface area contributed by atoms with E-state index in [1.807, 2.05) is 0 Å². The zero-order valence-corrected chi connectivity index (χ0v) is 10.7. The van der Waals surface area contributed by atoms with E-state index in [1.54, 1.807) is 4.90 Å². The summed E-state index contributed by atoms with van der Waals surface area (Å²) in [5.74, 6) is -0.269. The number of urea groups is 1. The SMILES string of the molecule is O=C1NC(=O)C2(CCN(C(=O)[C@@H]3CCCCN3)C2)N1. The van der Waals surface area contributed by atoms with E-state index in [2.05, 4.69) is 16.0 Å². The number of piperidine rings is 1. The molecule has 3 heterocycles. The highest BCUT2D eigenvalue weighted by molar-refractivity contribution is 6.07. The van der Waals surface area contributed by atoms with Crippen LogP contribution < -0.4 is 16.0 Å². The van der Waals surface area contributed by atoms with Crippen LogP contribution in [0.15, 0.2) is 0 Å². The Kier molecular flexibility index (Phi) is 2.93. The Bertz CT molecular complexity index is 433. The van der Waals surface area contributed by atoms with Crippen LogP contribution in [0.4, 0.5) is 4.79 Å². The molecule has 3 aliphatic heterocycles. The molecule has 1 spiro atoms. The third-order valence-corrected chi connectivity index (χ3v) is 4.20. The first kappa shape index (κ1) is 12.4. The van der Waals surface area contributed by atoms with Crippen LogP contribution in [0.5, 0.6) is 0 Å². The number of hydrogen-bond acceptors (Lipinski definition) is 4. The average Bonchev–Trinajstić information content (AvgIpc) is 2.95. The summed E-state index contributed by atoms with van der Waals surface area (Å²) in [6.45, 7) is 1.67. The molecule has 3 saturated heterocycles. The zero-order chi connectivity index (χ0) is 13.5. The van der Waals surface area contributed by atoms with E-state index in [-0.39, 0.29) is 24.4 Å². The number of imide groups is 1. The molecule has 7 heteroatoms. The van der Waals surface area contributed by atoms with E-state index in [1.165, 1.54) is 0 Å². The first-order valence-electron chi connectivity index (χ1n) is 6.76. The third-order valence-electron chi connectivity index (χ3n) is 4.20. The maximum Gasteiger partial charge on any atom is 0.322 e. The lowest BCUT2D eigenvalue weighted by Gasteiger charge is -2.28. The number of carbonyl (C=O) groups is 3. The van der Waals surface area contributed by atoms with Gasteiger partial charge in [0, 0.05) is 6.54 Å². The van der Waals surface area contributed by atoms with Gasteiger partial charge in [0.15, 0.2) is 0 Å². The normalized spacial score (nSPS) is 34.5. The van der Waals surface area contributed by atoms with Gasteiger partial charge in [-0.3, -0.25) is 14.9 Å². The molecule has 0 bridgehead atoms. The lowest BCUT2D eigenvalue weighted by atomic mass is 9.99. The first-order chi connectivity index (χ1) is 9.11. The van der Waals surface area contributed by atoms with E-state index in [9.17, 15) is 14.4 Å². The number of likely N-dealkylation sites (tertiary alicyclic amines) is 1. The van der Waals surface area contributed by atoms with Crippen LogP contribution in [-0.4, -0.2) is 54.0 Å². The van der Waals surface area contributed by atoms with E-state index < -0.39 is 11.6 Å². The van der Waals surface area contributed by atoms with Crippen molar-refractivity contribution >= 4 is 17.8 Å². The topological polar surface area (TPSA) is 90.5 Å². The van der Waals surface area contributed by atoms with Gasteiger partial charge in [-0.25, -0.2) is 4.79 Å². The van der Waals surface area contributed by atoms with E-state index in [4.69, 9.17) is 0 Å². The summed E-state index contributed by atoms with van der Waals surface area (Å²) in [4.78, 5) is 37.1. The molecule has 4 amide bonds. The molecule has 2 atom stereocenters. The largest absolute Gasteiger partial charge is 0.338 e. The summed E-state index contributed by atoms with van der Waals surface area (Å²) >= 11 is 0. The standard InChI is InChI=1S/C12H18N4O3/c17-9(8-3-1-2-5-13-8)16-6-4-12(7-16)10(18)14-11(19)15-12/h8,13H,1-7H2,(H2,14,15,18,19)/t8-,12?/m0/s1. The summed E-state index contributed by atoms with van der Waals surface area (Å²) in [6, 6.07) is -0.598. The van der Waals surface area contributed by atoms with Crippen molar-refractivity contribution in [2.45, 2.75) is 37.3 Å².